The van der Waals surface area contributed by atoms with Gasteiger partial charge in [0.2, 0.25) is 0 Å². The standard InChI is InChI=1S/C20H17FN2O3/c1-26-17-8-3-7-16(12-17)22-19(24)18-9-4-10-23(20(18)25)13-14-5-2-6-15(21)11-14/h2-12H,13H2,1H3,(H,22,24). The van der Waals surface area contributed by atoms with Crippen LogP contribution in [0.3, 0.4) is 0 Å². The third-order valence-corrected chi connectivity index (χ3v) is 3.83. The maximum atomic E-state index is 13.3. The van der Waals surface area contributed by atoms with Crippen LogP contribution in [0.25, 0.3) is 0 Å². The van der Waals surface area contributed by atoms with Crippen LogP contribution in [-0.4, -0.2) is 17.6 Å². The van der Waals surface area contributed by atoms with Gasteiger partial charge in [-0.2, -0.15) is 0 Å². The molecule has 132 valence electrons. The molecule has 26 heavy (non-hydrogen) atoms. The summed E-state index contributed by atoms with van der Waals surface area (Å²) in [5.74, 6) is -0.293. The molecule has 0 fully saturated rings. The molecule has 6 heteroatoms. The van der Waals surface area contributed by atoms with Gasteiger partial charge in [-0.1, -0.05) is 18.2 Å². The average Bonchev–Trinajstić information content (AvgIpc) is 2.63. The van der Waals surface area contributed by atoms with Crippen LogP contribution in [-0.2, 0) is 6.54 Å². The summed E-state index contributed by atoms with van der Waals surface area (Å²) < 4.78 is 19.8. The minimum Gasteiger partial charge on any atom is -0.497 e. The molecule has 1 N–H and O–H groups in total. The Morgan fingerprint density at radius 1 is 1.12 bits per heavy atom. The molecule has 3 rings (SSSR count). The third kappa shape index (κ3) is 3.97. The van der Waals surface area contributed by atoms with Crippen molar-refractivity contribution in [1.29, 1.82) is 0 Å². The number of amides is 1. The van der Waals surface area contributed by atoms with Crippen molar-refractivity contribution in [3.05, 3.63) is 94.2 Å². The Balaban J connectivity index is 1.84. The Morgan fingerprint density at radius 3 is 2.69 bits per heavy atom. The highest BCUT2D eigenvalue weighted by Crippen LogP contribution is 2.17. The van der Waals surface area contributed by atoms with Gasteiger partial charge in [-0.05, 0) is 42.0 Å². The third-order valence-electron chi connectivity index (χ3n) is 3.83. The van der Waals surface area contributed by atoms with E-state index in [-0.39, 0.29) is 17.9 Å². The van der Waals surface area contributed by atoms with Crippen molar-refractivity contribution in [2.24, 2.45) is 0 Å². The first-order valence-electron chi connectivity index (χ1n) is 7.96. The molecule has 0 unspecified atom stereocenters. The second-order valence-corrected chi connectivity index (χ2v) is 5.67. The Bertz CT molecular complexity index is 998. The highest BCUT2D eigenvalue weighted by molar-refractivity contribution is 6.04. The number of hydrogen-bond acceptors (Lipinski definition) is 3. The number of pyridine rings is 1. The van der Waals surface area contributed by atoms with Gasteiger partial charge in [0.05, 0.1) is 13.7 Å². The van der Waals surface area contributed by atoms with Gasteiger partial charge < -0.3 is 14.6 Å². The lowest BCUT2D eigenvalue weighted by molar-refractivity contribution is 0.102. The lowest BCUT2D eigenvalue weighted by Gasteiger charge is -2.10. The van der Waals surface area contributed by atoms with Crippen molar-refractivity contribution in [2.45, 2.75) is 6.54 Å². The minimum absolute atomic E-state index is 0.00622. The highest BCUT2D eigenvalue weighted by Gasteiger charge is 2.13. The molecule has 1 heterocycles. The lowest BCUT2D eigenvalue weighted by atomic mass is 10.2. The number of halogens is 1. The number of rotatable bonds is 5. The number of carbonyl (C=O) groups is 1. The summed E-state index contributed by atoms with van der Waals surface area (Å²) in [5.41, 5.74) is 0.718. The van der Waals surface area contributed by atoms with Crippen molar-refractivity contribution in [3.63, 3.8) is 0 Å². The normalized spacial score (nSPS) is 10.4. The summed E-state index contributed by atoms with van der Waals surface area (Å²) >= 11 is 0. The van der Waals surface area contributed by atoms with E-state index >= 15 is 0 Å². The molecule has 0 aliphatic carbocycles. The first-order valence-corrected chi connectivity index (χ1v) is 7.96. The first-order chi connectivity index (χ1) is 12.6. The van der Waals surface area contributed by atoms with E-state index in [1.165, 1.54) is 29.9 Å². The summed E-state index contributed by atoms with van der Waals surface area (Å²) in [7, 11) is 1.53. The zero-order valence-electron chi connectivity index (χ0n) is 14.1. The second-order valence-electron chi connectivity index (χ2n) is 5.67. The van der Waals surface area contributed by atoms with Crippen LogP contribution in [0.1, 0.15) is 15.9 Å². The van der Waals surface area contributed by atoms with E-state index in [1.54, 1.807) is 48.7 Å². The number of ether oxygens (including phenoxy) is 1. The fourth-order valence-electron chi connectivity index (χ4n) is 2.57. The predicted octanol–water partition coefficient (Wildman–Crippen LogP) is 3.30. The molecule has 5 nitrogen and oxygen atoms in total. The lowest BCUT2D eigenvalue weighted by Crippen LogP contribution is -2.29. The highest BCUT2D eigenvalue weighted by atomic mass is 19.1. The molecule has 0 atom stereocenters. The molecule has 0 aliphatic rings. The van der Waals surface area contributed by atoms with Gasteiger partial charge in [0.1, 0.15) is 17.1 Å². The van der Waals surface area contributed by atoms with Crippen LogP contribution in [0, 0.1) is 5.82 Å². The Labute approximate surface area is 149 Å². The molecule has 0 saturated carbocycles. The molecule has 1 aromatic heterocycles. The smallest absolute Gasteiger partial charge is 0.263 e. The van der Waals surface area contributed by atoms with Crippen molar-refractivity contribution < 1.29 is 13.9 Å². The SMILES string of the molecule is COc1cccc(NC(=O)c2cccn(Cc3cccc(F)c3)c2=O)c1. The summed E-state index contributed by atoms with van der Waals surface area (Å²) in [6.07, 6.45) is 1.57. The Kier molecular flexibility index (Phi) is 5.12. The van der Waals surface area contributed by atoms with E-state index in [0.717, 1.165) is 0 Å². The maximum absolute atomic E-state index is 13.3. The summed E-state index contributed by atoms with van der Waals surface area (Å²) in [4.78, 5) is 25.1. The van der Waals surface area contributed by atoms with Crippen LogP contribution < -0.4 is 15.6 Å². The van der Waals surface area contributed by atoms with Gasteiger partial charge in [-0.15, -0.1) is 0 Å². The van der Waals surface area contributed by atoms with Crippen LogP contribution in [0.15, 0.2) is 71.7 Å². The van der Waals surface area contributed by atoms with E-state index in [2.05, 4.69) is 5.32 Å². The quantitative estimate of drug-likeness (QED) is 0.766. The van der Waals surface area contributed by atoms with Gasteiger partial charge in [0.15, 0.2) is 0 Å². The summed E-state index contributed by atoms with van der Waals surface area (Å²) in [5, 5.41) is 2.68. The number of carbonyl (C=O) groups excluding carboxylic acids is 1. The van der Waals surface area contributed by atoms with E-state index in [0.29, 0.717) is 17.0 Å². The largest absolute Gasteiger partial charge is 0.497 e. The number of methoxy groups -OCH3 is 1. The fraction of sp³-hybridized carbons (Fsp3) is 0.100. The van der Waals surface area contributed by atoms with E-state index < -0.39 is 11.5 Å². The Morgan fingerprint density at radius 2 is 1.92 bits per heavy atom. The minimum atomic E-state index is -0.517. The van der Waals surface area contributed by atoms with Crippen LogP contribution in [0.5, 0.6) is 5.75 Å². The monoisotopic (exact) mass is 352 g/mol. The van der Waals surface area contributed by atoms with Crippen molar-refractivity contribution in [1.82, 2.24) is 4.57 Å². The van der Waals surface area contributed by atoms with E-state index in [4.69, 9.17) is 4.74 Å². The van der Waals surface area contributed by atoms with Crippen molar-refractivity contribution in [3.8, 4) is 5.75 Å². The van der Waals surface area contributed by atoms with E-state index in [9.17, 15) is 14.0 Å². The zero-order chi connectivity index (χ0) is 18.5. The summed E-state index contributed by atoms with van der Waals surface area (Å²) in [6, 6.07) is 15.9. The molecule has 0 bridgehead atoms. The average molecular weight is 352 g/mol. The summed E-state index contributed by atoms with van der Waals surface area (Å²) in [6.45, 7) is 0.177. The van der Waals surface area contributed by atoms with E-state index in [1.807, 2.05) is 0 Å². The molecule has 0 saturated heterocycles. The molecule has 2 aromatic carbocycles. The molecule has 0 radical (unpaired) electrons. The number of hydrogen-bond donors (Lipinski definition) is 1. The number of benzene rings is 2. The van der Waals surface area contributed by atoms with Crippen LogP contribution in [0.2, 0.25) is 0 Å². The number of anilines is 1. The first kappa shape index (κ1) is 17.4. The van der Waals surface area contributed by atoms with Gasteiger partial charge in [0, 0.05) is 18.0 Å². The zero-order valence-corrected chi connectivity index (χ0v) is 14.1. The van der Waals surface area contributed by atoms with Crippen LogP contribution in [0.4, 0.5) is 10.1 Å². The van der Waals surface area contributed by atoms with Crippen molar-refractivity contribution in [2.75, 3.05) is 12.4 Å². The van der Waals surface area contributed by atoms with Gasteiger partial charge in [0.25, 0.3) is 11.5 Å². The molecule has 0 aliphatic heterocycles. The maximum Gasteiger partial charge on any atom is 0.263 e. The van der Waals surface area contributed by atoms with Gasteiger partial charge in [-0.3, -0.25) is 9.59 Å². The molecule has 0 spiro atoms. The van der Waals surface area contributed by atoms with Gasteiger partial charge >= 0.3 is 0 Å². The molecule has 3 aromatic rings. The van der Waals surface area contributed by atoms with Crippen LogP contribution >= 0.6 is 0 Å². The predicted molar refractivity (Wildman–Crippen MR) is 97.2 cm³/mol. The number of aromatic nitrogens is 1. The fourth-order valence-corrected chi connectivity index (χ4v) is 2.57. The molecular formula is C20H17FN2O3. The van der Waals surface area contributed by atoms with Gasteiger partial charge in [-0.25, -0.2) is 4.39 Å². The Hall–Kier alpha value is -3.41. The molecule has 1 amide bonds. The topological polar surface area (TPSA) is 60.3 Å². The van der Waals surface area contributed by atoms with Crippen molar-refractivity contribution >= 4 is 11.6 Å². The number of nitrogens with one attached hydrogen (secondary N) is 1. The molecular weight excluding hydrogens is 335 g/mol. The second kappa shape index (κ2) is 7.65. The number of nitrogens with zero attached hydrogens (tertiary/aromatic N) is 1.